The first-order chi connectivity index (χ1) is 12.1. The number of methoxy groups -OCH3 is 1. The second-order valence-corrected chi connectivity index (χ2v) is 6.70. The summed E-state index contributed by atoms with van der Waals surface area (Å²) >= 11 is 0. The first-order valence-electron chi connectivity index (χ1n) is 8.61. The molecule has 3 rings (SSSR count). The smallest absolute Gasteiger partial charge is 0.251 e. The van der Waals surface area contributed by atoms with E-state index in [0.717, 1.165) is 35.6 Å². The summed E-state index contributed by atoms with van der Waals surface area (Å²) in [6, 6.07) is 9.71. The fraction of sp³-hybridized carbons (Fsp3) is 0.400. The van der Waals surface area contributed by atoms with Gasteiger partial charge in [-0.1, -0.05) is 12.1 Å². The summed E-state index contributed by atoms with van der Waals surface area (Å²) in [5.74, 6) is 1.89. The molecule has 0 bridgehead atoms. The molecule has 1 aromatic carbocycles. The van der Waals surface area contributed by atoms with Gasteiger partial charge in [-0.3, -0.25) is 9.78 Å². The monoisotopic (exact) mass is 340 g/mol. The quantitative estimate of drug-likeness (QED) is 0.909. The SMILES string of the molecule is COc1cccc2c1OC[C@H](Cc1cc(C(=O)NC(C)C)ccn1)C2. The zero-order chi connectivity index (χ0) is 17.8. The first kappa shape index (κ1) is 17.3. The van der Waals surface area contributed by atoms with Gasteiger partial charge in [0, 0.05) is 29.4 Å². The molecule has 0 radical (unpaired) electrons. The summed E-state index contributed by atoms with van der Waals surface area (Å²) < 4.78 is 11.3. The highest BCUT2D eigenvalue weighted by Crippen LogP contribution is 2.36. The molecule has 5 heteroatoms. The number of carbonyl (C=O) groups excluding carboxylic acids is 1. The van der Waals surface area contributed by atoms with Crippen LogP contribution in [-0.2, 0) is 12.8 Å². The number of amides is 1. The minimum atomic E-state index is -0.0615. The maximum atomic E-state index is 12.2. The number of pyridine rings is 1. The largest absolute Gasteiger partial charge is 0.493 e. The van der Waals surface area contributed by atoms with Crippen LogP contribution in [-0.4, -0.2) is 30.6 Å². The highest BCUT2D eigenvalue weighted by atomic mass is 16.5. The maximum absolute atomic E-state index is 12.2. The summed E-state index contributed by atoms with van der Waals surface area (Å²) in [6.07, 6.45) is 3.39. The number of fused-ring (bicyclic) bond motifs is 1. The molecule has 132 valence electrons. The molecule has 1 aliphatic heterocycles. The Morgan fingerprint density at radius 2 is 2.24 bits per heavy atom. The van der Waals surface area contributed by atoms with E-state index in [9.17, 15) is 4.79 Å². The van der Waals surface area contributed by atoms with Gasteiger partial charge >= 0.3 is 0 Å². The molecule has 0 aliphatic carbocycles. The molecule has 1 N–H and O–H groups in total. The van der Waals surface area contributed by atoms with Crippen molar-refractivity contribution in [3.63, 3.8) is 0 Å². The topological polar surface area (TPSA) is 60.5 Å². The molecule has 1 aliphatic rings. The lowest BCUT2D eigenvalue weighted by molar-refractivity contribution is 0.0943. The van der Waals surface area contributed by atoms with Gasteiger partial charge in [-0.2, -0.15) is 0 Å². The Balaban J connectivity index is 1.70. The molecule has 1 amide bonds. The number of para-hydroxylation sites is 1. The van der Waals surface area contributed by atoms with Crippen LogP contribution in [0.5, 0.6) is 11.5 Å². The zero-order valence-electron chi connectivity index (χ0n) is 14.9. The van der Waals surface area contributed by atoms with Crippen molar-refractivity contribution in [2.75, 3.05) is 13.7 Å². The van der Waals surface area contributed by atoms with Gasteiger partial charge in [0.15, 0.2) is 11.5 Å². The van der Waals surface area contributed by atoms with Crippen molar-refractivity contribution < 1.29 is 14.3 Å². The third-order valence-corrected chi connectivity index (χ3v) is 4.25. The van der Waals surface area contributed by atoms with E-state index < -0.39 is 0 Å². The normalized spacial score (nSPS) is 16.1. The lowest BCUT2D eigenvalue weighted by atomic mass is 9.92. The summed E-state index contributed by atoms with van der Waals surface area (Å²) in [5.41, 5.74) is 2.72. The molecule has 0 saturated heterocycles. The number of nitrogens with zero attached hydrogens (tertiary/aromatic N) is 1. The minimum Gasteiger partial charge on any atom is -0.493 e. The fourth-order valence-electron chi connectivity index (χ4n) is 3.12. The number of carbonyl (C=O) groups is 1. The van der Waals surface area contributed by atoms with Crippen molar-refractivity contribution in [2.24, 2.45) is 5.92 Å². The number of hydrogen-bond donors (Lipinski definition) is 1. The van der Waals surface area contributed by atoms with Gasteiger partial charge in [0.25, 0.3) is 5.91 Å². The summed E-state index contributed by atoms with van der Waals surface area (Å²) in [4.78, 5) is 16.6. The van der Waals surface area contributed by atoms with Crippen molar-refractivity contribution in [3.05, 3.63) is 53.3 Å². The van der Waals surface area contributed by atoms with E-state index in [1.165, 1.54) is 0 Å². The van der Waals surface area contributed by atoms with Crippen molar-refractivity contribution >= 4 is 5.91 Å². The molecule has 1 atom stereocenters. The van der Waals surface area contributed by atoms with Crippen molar-refractivity contribution in [3.8, 4) is 11.5 Å². The van der Waals surface area contributed by atoms with E-state index in [1.54, 1.807) is 19.4 Å². The van der Waals surface area contributed by atoms with Gasteiger partial charge < -0.3 is 14.8 Å². The molecular formula is C20H24N2O3. The second-order valence-electron chi connectivity index (χ2n) is 6.70. The van der Waals surface area contributed by atoms with Gasteiger partial charge in [0.2, 0.25) is 0 Å². The van der Waals surface area contributed by atoms with E-state index in [-0.39, 0.29) is 11.9 Å². The Morgan fingerprint density at radius 1 is 1.40 bits per heavy atom. The minimum absolute atomic E-state index is 0.0615. The average molecular weight is 340 g/mol. The molecule has 0 unspecified atom stereocenters. The summed E-state index contributed by atoms with van der Waals surface area (Å²) in [7, 11) is 1.66. The number of ether oxygens (including phenoxy) is 2. The Kier molecular flexibility index (Phi) is 5.22. The lowest BCUT2D eigenvalue weighted by Gasteiger charge is -2.26. The third kappa shape index (κ3) is 4.10. The van der Waals surface area contributed by atoms with Crippen LogP contribution in [0, 0.1) is 5.92 Å². The van der Waals surface area contributed by atoms with E-state index in [1.807, 2.05) is 32.0 Å². The Morgan fingerprint density at radius 3 is 3.00 bits per heavy atom. The van der Waals surface area contributed by atoms with Crippen molar-refractivity contribution in [1.82, 2.24) is 10.3 Å². The summed E-state index contributed by atoms with van der Waals surface area (Å²) in [5, 5.41) is 2.91. The highest BCUT2D eigenvalue weighted by molar-refractivity contribution is 5.94. The maximum Gasteiger partial charge on any atom is 0.251 e. The molecular weight excluding hydrogens is 316 g/mol. The van der Waals surface area contributed by atoms with Crippen LogP contribution in [0.1, 0.15) is 35.5 Å². The molecule has 2 heterocycles. The Bertz CT molecular complexity index is 758. The molecule has 2 aromatic rings. The van der Waals surface area contributed by atoms with E-state index in [4.69, 9.17) is 9.47 Å². The molecule has 1 aromatic heterocycles. The fourth-order valence-corrected chi connectivity index (χ4v) is 3.12. The van der Waals surface area contributed by atoms with Gasteiger partial charge in [0.05, 0.1) is 13.7 Å². The van der Waals surface area contributed by atoms with Crippen LogP contribution in [0.3, 0.4) is 0 Å². The van der Waals surface area contributed by atoms with Crippen LogP contribution in [0.15, 0.2) is 36.5 Å². The van der Waals surface area contributed by atoms with Gasteiger partial charge in [0.1, 0.15) is 0 Å². The molecule has 0 saturated carbocycles. The van der Waals surface area contributed by atoms with E-state index in [0.29, 0.717) is 18.1 Å². The second kappa shape index (κ2) is 7.55. The van der Waals surface area contributed by atoms with Crippen LogP contribution in [0.4, 0.5) is 0 Å². The van der Waals surface area contributed by atoms with Crippen molar-refractivity contribution in [2.45, 2.75) is 32.7 Å². The van der Waals surface area contributed by atoms with Gasteiger partial charge in [-0.15, -0.1) is 0 Å². The number of nitrogens with one attached hydrogen (secondary N) is 1. The average Bonchev–Trinajstić information content (AvgIpc) is 2.60. The first-order valence-corrected chi connectivity index (χ1v) is 8.61. The number of benzene rings is 1. The number of rotatable bonds is 5. The standard InChI is InChI=1S/C20H24N2O3/c1-13(2)22-20(23)16-7-8-21-17(11-16)10-14-9-15-5-4-6-18(24-3)19(15)25-12-14/h4-8,11,13-14H,9-10,12H2,1-3H3,(H,22,23)/t14-/m0/s1. The van der Waals surface area contributed by atoms with Gasteiger partial charge in [-0.05, 0) is 50.5 Å². The van der Waals surface area contributed by atoms with Crippen LogP contribution < -0.4 is 14.8 Å². The van der Waals surface area contributed by atoms with Crippen LogP contribution in [0.2, 0.25) is 0 Å². The van der Waals surface area contributed by atoms with Crippen LogP contribution >= 0.6 is 0 Å². The Labute approximate surface area is 148 Å². The van der Waals surface area contributed by atoms with E-state index in [2.05, 4.69) is 16.4 Å². The lowest BCUT2D eigenvalue weighted by Crippen LogP contribution is -2.30. The predicted molar refractivity (Wildman–Crippen MR) is 96.2 cm³/mol. The summed E-state index contributed by atoms with van der Waals surface area (Å²) in [6.45, 7) is 4.52. The molecule has 0 spiro atoms. The zero-order valence-corrected chi connectivity index (χ0v) is 14.9. The molecule has 0 fully saturated rings. The third-order valence-electron chi connectivity index (χ3n) is 4.25. The van der Waals surface area contributed by atoms with Crippen molar-refractivity contribution in [1.29, 1.82) is 0 Å². The molecule has 5 nitrogen and oxygen atoms in total. The van der Waals surface area contributed by atoms with E-state index >= 15 is 0 Å². The number of hydrogen-bond acceptors (Lipinski definition) is 4. The number of aromatic nitrogens is 1. The van der Waals surface area contributed by atoms with Gasteiger partial charge in [-0.25, -0.2) is 0 Å². The highest BCUT2D eigenvalue weighted by Gasteiger charge is 2.23. The molecule has 25 heavy (non-hydrogen) atoms. The Hall–Kier alpha value is -2.56. The van der Waals surface area contributed by atoms with Crippen LogP contribution in [0.25, 0.3) is 0 Å². The predicted octanol–water partition coefficient (Wildman–Crippen LogP) is 3.02.